The molecule has 2 rings (SSSR count). The van der Waals surface area contributed by atoms with E-state index in [1.165, 1.54) is 23.5 Å². The van der Waals surface area contributed by atoms with E-state index in [2.05, 4.69) is 65.0 Å². The average Bonchev–Trinajstić information content (AvgIpc) is 2.67. The molecule has 0 amide bonds. The van der Waals surface area contributed by atoms with Crippen LogP contribution in [0.25, 0.3) is 0 Å². The van der Waals surface area contributed by atoms with Gasteiger partial charge in [0, 0.05) is 25.7 Å². The first-order valence-corrected chi connectivity index (χ1v) is 11.8. The van der Waals surface area contributed by atoms with E-state index in [1.54, 1.807) is 7.05 Å². The Morgan fingerprint density at radius 2 is 1.10 bits per heavy atom. The highest BCUT2D eigenvalue weighted by Gasteiger charge is 2.06. The van der Waals surface area contributed by atoms with E-state index < -0.39 is 0 Å². The maximum absolute atomic E-state index is 4.26. The van der Waals surface area contributed by atoms with Crippen molar-refractivity contribution in [2.45, 2.75) is 57.0 Å². The van der Waals surface area contributed by atoms with E-state index in [-0.39, 0.29) is 0 Å². The van der Waals surface area contributed by atoms with Crippen molar-refractivity contribution in [3.05, 3.63) is 0 Å². The molecule has 0 saturated carbocycles. The Hall–Kier alpha value is -2.08. The average molecular weight is 441 g/mol. The van der Waals surface area contributed by atoms with Crippen LogP contribution in [-0.2, 0) is 0 Å². The van der Waals surface area contributed by atoms with Gasteiger partial charge in [0.15, 0.2) is 10.3 Å². The molecule has 2 aromatic heterocycles. The monoisotopic (exact) mass is 440 g/mol. The first-order chi connectivity index (χ1) is 13.8. The van der Waals surface area contributed by atoms with E-state index in [9.17, 15) is 0 Å². The molecule has 162 valence electrons. The van der Waals surface area contributed by atoms with Crippen molar-refractivity contribution < 1.29 is 0 Å². The molecule has 0 spiro atoms. The van der Waals surface area contributed by atoms with Gasteiger partial charge in [-0.3, -0.25) is 0 Å². The number of rotatable bonds is 9. The smallest absolute Gasteiger partial charge is 0.228 e. The largest absolute Gasteiger partial charge is 0.357 e. The molecule has 0 unspecified atom stereocenters. The first-order valence-electron chi connectivity index (χ1n) is 9.36. The Bertz CT molecular complexity index is 720. The third-order valence-corrected chi connectivity index (χ3v) is 4.08. The Kier molecular flexibility index (Phi) is 11.4. The molecule has 0 aliphatic carbocycles. The highest BCUT2D eigenvalue weighted by atomic mass is 32.2. The number of hydrogen-bond acceptors (Lipinski definition) is 12. The molecular weight excluding hydrogens is 408 g/mol. The number of nitrogens with one attached hydrogen (secondary N) is 4. The fourth-order valence-corrected chi connectivity index (χ4v) is 2.60. The maximum atomic E-state index is 4.26. The standard InChI is InChI=1S/C9H17N5S.C8H15N5S/c1-5-10-7-12-8(11-6(2)3)14-9(13-7)15-4;1-5(2)10-7-11-6(9-3)12-8(13-7)14-4/h6H,5H2,1-4H3,(H2,10,11,12,13,14);5H,1-4H3,(H2,9,10,11,12,13). The predicted octanol–water partition coefficient (Wildman–Crippen LogP) is 3.30. The fraction of sp³-hybridized carbons (Fsp3) is 0.647. The molecule has 0 fully saturated rings. The van der Waals surface area contributed by atoms with E-state index in [0.29, 0.717) is 41.0 Å². The summed E-state index contributed by atoms with van der Waals surface area (Å²) in [5, 5.41) is 13.7. The van der Waals surface area contributed by atoms with E-state index in [1.807, 2.05) is 33.3 Å². The van der Waals surface area contributed by atoms with E-state index in [0.717, 1.165) is 11.7 Å². The lowest BCUT2D eigenvalue weighted by atomic mass is 10.4. The van der Waals surface area contributed by atoms with Crippen molar-refractivity contribution in [3.63, 3.8) is 0 Å². The quantitative estimate of drug-likeness (QED) is 0.427. The van der Waals surface area contributed by atoms with Crippen molar-refractivity contribution in [3.8, 4) is 0 Å². The van der Waals surface area contributed by atoms with Crippen molar-refractivity contribution in [1.82, 2.24) is 29.9 Å². The molecule has 12 heteroatoms. The van der Waals surface area contributed by atoms with E-state index >= 15 is 0 Å². The minimum Gasteiger partial charge on any atom is -0.357 e. The van der Waals surface area contributed by atoms with Crippen LogP contribution in [0.3, 0.4) is 0 Å². The summed E-state index contributed by atoms with van der Waals surface area (Å²) >= 11 is 3.01. The molecule has 2 heterocycles. The molecule has 0 aliphatic heterocycles. The topological polar surface area (TPSA) is 125 Å². The number of hydrogen-bond donors (Lipinski definition) is 4. The Balaban J connectivity index is 0.000000291. The van der Waals surface area contributed by atoms with Crippen LogP contribution in [0.4, 0.5) is 23.8 Å². The molecular formula is C17H32N10S2. The molecule has 4 N–H and O–H groups in total. The highest BCUT2D eigenvalue weighted by Crippen LogP contribution is 2.14. The number of aromatic nitrogens is 6. The zero-order valence-electron chi connectivity index (χ0n) is 18.4. The third kappa shape index (κ3) is 9.79. The summed E-state index contributed by atoms with van der Waals surface area (Å²) in [6, 6.07) is 0.633. The van der Waals surface area contributed by atoms with Crippen LogP contribution in [0.1, 0.15) is 34.6 Å². The van der Waals surface area contributed by atoms with Gasteiger partial charge in [-0.05, 0) is 47.1 Å². The summed E-state index contributed by atoms with van der Waals surface area (Å²) in [5.41, 5.74) is 0. The summed E-state index contributed by atoms with van der Waals surface area (Å²) in [6.45, 7) is 11.0. The van der Waals surface area contributed by atoms with Crippen LogP contribution in [0.15, 0.2) is 10.3 Å². The van der Waals surface area contributed by atoms with Gasteiger partial charge in [-0.15, -0.1) is 0 Å². The minimum absolute atomic E-state index is 0.316. The molecule has 0 radical (unpaired) electrons. The summed E-state index contributed by atoms with van der Waals surface area (Å²) in [5.74, 6) is 2.46. The molecule has 0 aromatic carbocycles. The zero-order chi connectivity index (χ0) is 21.8. The maximum Gasteiger partial charge on any atom is 0.228 e. The second-order valence-corrected chi connectivity index (χ2v) is 7.86. The summed E-state index contributed by atoms with van der Waals surface area (Å²) in [4.78, 5) is 25.3. The fourth-order valence-electron chi connectivity index (χ4n) is 1.89. The van der Waals surface area contributed by atoms with Gasteiger partial charge in [0.2, 0.25) is 23.8 Å². The van der Waals surface area contributed by atoms with Crippen molar-refractivity contribution in [1.29, 1.82) is 0 Å². The summed E-state index contributed by atoms with van der Waals surface area (Å²) in [6.07, 6.45) is 3.89. The highest BCUT2D eigenvalue weighted by molar-refractivity contribution is 7.98. The number of thioether (sulfide) groups is 2. The molecule has 10 nitrogen and oxygen atoms in total. The predicted molar refractivity (Wildman–Crippen MR) is 124 cm³/mol. The SMILES string of the molecule is CCNc1nc(NC(C)C)nc(SC)n1.CNc1nc(NC(C)C)nc(SC)n1. The second-order valence-electron chi connectivity index (χ2n) is 6.32. The van der Waals surface area contributed by atoms with Gasteiger partial charge in [0.1, 0.15) is 0 Å². The van der Waals surface area contributed by atoms with Crippen molar-refractivity contribution in [2.24, 2.45) is 0 Å². The molecule has 0 aliphatic rings. The molecule has 0 atom stereocenters. The van der Waals surface area contributed by atoms with Gasteiger partial charge in [-0.25, -0.2) is 0 Å². The summed E-state index contributed by atoms with van der Waals surface area (Å²) in [7, 11) is 1.79. The van der Waals surface area contributed by atoms with Crippen LogP contribution in [-0.4, -0.2) is 68.1 Å². The Labute approximate surface area is 181 Å². The first kappa shape index (κ1) is 25.0. The van der Waals surface area contributed by atoms with Crippen LogP contribution in [0.5, 0.6) is 0 Å². The normalized spacial score (nSPS) is 10.4. The molecule has 0 saturated heterocycles. The summed E-state index contributed by atoms with van der Waals surface area (Å²) < 4.78 is 0. The third-order valence-electron chi connectivity index (χ3n) is 2.99. The van der Waals surface area contributed by atoms with Gasteiger partial charge in [0.05, 0.1) is 0 Å². The van der Waals surface area contributed by atoms with Crippen LogP contribution in [0.2, 0.25) is 0 Å². The van der Waals surface area contributed by atoms with Gasteiger partial charge in [-0.2, -0.15) is 29.9 Å². The number of anilines is 4. The lowest BCUT2D eigenvalue weighted by Crippen LogP contribution is -2.15. The van der Waals surface area contributed by atoms with Crippen molar-refractivity contribution >= 4 is 47.3 Å². The van der Waals surface area contributed by atoms with E-state index in [4.69, 9.17) is 0 Å². The molecule has 29 heavy (non-hydrogen) atoms. The van der Waals surface area contributed by atoms with Crippen LogP contribution < -0.4 is 21.3 Å². The zero-order valence-corrected chi connectivity index (χ0v) is 20.0. The second kappa shape index (κ2) is 13.2. The Morgan fingerprint density at radius 3 is 1.48 bits per heavy atom. The van der Waals surface area contributed by atoms with Gasteiger partial charge < -0.3 is 21.3 Å². The van der Waals surface area contributed by atoms with Gasteiger partial charge in [0.25, 0.3) is 0 Å². The van der Waals surface area contributed by atoms with Gasteiger partial charge in [-0.1, -0.05) is 23.5 Å². The lowest BCUT2D eigenvalue weighted by molar-refractivity contribution is 0.835. The molecule has 2 aromatic rings. The minimum atomic E-state index is 0.316. The molecule has 0 bridgehead atoms. The van der Waals surface area contributed by atoms with Crippen LogP contribution in [0, 0.1) is 0 Å². The lowest BCUT2D eigenvalue weighted by Gasteiger charge is -2.10. The van der Waals surface area contributed by atoms with Gasteiger partial charge >= 0.3 is 0 Å². The van der Waals surface area contributed by atoms with Crippen molar-refractivity contribution in [2.75, 3.05) is 47.4 Å². The van der Waals surface area contributed by atoms with Crippen LogP contribution >= 0.6 is 23.5 Å². The Morgan fingerprint density at radius 1 is 0.690 bits per heavy atom. The number of nitrogens with zero attached hydrogens (tertiary/aromatic N) is 6.